The number of fused-ring (bicyclic) bond motifs is 1. The van der Waals surface area contributed by atoms with Gasteiger partial charge in [-0.05, 0) is 55.3 Å². The second-order valence-corrected chi connectivity index (χ2v) is 6.12. The maximum absolute atomic E-state index is 12.3. The summed E-state index contributed by atoms with van der Waals surface area (Å²) in [5.41, 5.74) is 3.17. The van der Waals surface area contributed by atoms with E-state index >= 15 is 0 Å². The van der Waals surface area contributed by atoms with Gasteiger partial charge in [-0.25, -0.2) is 0 Å². The molecular formula is C19H20F2N2O2. The van der Waals surface area contributed by atoms with Crippen LogP contribution < -0.4 is 10.1 Å². The lowest BCUT2D eigenvalue weighted by Gasteiger charge is -2.24. The van der Waals surface area contributed by atoms with Gasteiger partial charge in [0.15, 0.2) is 0 Å². The molecule has 0 spiro atoms. The summed E-state index contributed by atoms with van der Waals surface area (Å²) in [5, 5.41) is 2.78. The van der Waals surface area contributed by atoms with Crippen LogP contribution in [-0.2, 0) is 11.2 Å². The minimum absolute atomic E-state index is 0.0627. The maximum atomic E-state index is 12.3. The largest absolute Gasteiger partial charge is 0.435 e. The summed E-state index contributed by atoms with van der Waals surface area (Å²) >= 11 is 0. The molecular weight excluding hydrogens is 326 g/mol. The number of benzene rings is 2. The monoisotopic (exact) mass is 346 g/mol. The van der Waals surface area contributed by atoms with Crippen molar-refractivity contribution in [3.05, 3.63) is 59.7 Å². The first-order valence-electron chi connectivity index (χ1n) is 8.15. The lowest BCUT2D eigenvalue weighted by atomic mass is 10.1. The van der Waals surface area contributed by atoms with Gasteiger partial charge in [-0.3, -0.25) is 9.69 Å². The highest BCUT2D eigenvalue weighted by Crippen LogP contribution is 2.34. The Morgan fingerprint density at radius 2 is 1.96 bits per heavy atom. The fourth-order valence-electron chi connectivity index (χ4n) is 3.25. The minimum atomic E-state index is -2.86. The molecule has 2 aromatic rings. The lowest BCUT2D eigenvalue weighted by Crippen LogP contribution is -2.32. The highest BCUT2D eigenvalue weighted by molar-refractivity contribution is 5.92. The molecule has 0 radical (unpaired) electrons. The summed E-state index contributed by atoms with van der Waals surface area (Å²) in [6, 6.07) is 14.4. The molecule has 25 heavy (non-hydrogen) atoms. The molecule has 0 heterocycles. The fourth-order valence-corrected chi connectivity index (χ4v) is 3.25. The van der Waals surface area contributed by atoms with Crippen molar-refractivity contribution in [2.24, 2.45) is 0 Å². The molecule has 0 fully saturated rings. The molecule has 6 heteroatoms. The summed E-state index contributed by atoms with van der Waals surface area (Å²) in [5.74, 6) is -0.0814. The van der Waals surface area contributed by atoms with Crippen molar-refractivity contribution in [2.75, 3.05) is 18.9 Å². The number of nitrogens with one attached hydrogen (secondary N) is 1. The summed E-state index contributed by atoms with van der Waals surface area (Å²) in [4.78, 5) is 14.3. The third-order valence-electron chi connectivity index (χ3n) is 4.39. The molecule has 132 valence electrons. The highest BCUT2D eigenvalue weighted by atomic mass is 19.3. The first-order valence-corrected chi connectivity index (χ1v) is 8.15. The molecule has 0 aromatic heterocycles. The molecule has 1 N–H and O–H groups in total. The van der Waals surface area contributed by atoms with Gasteiger partial charge >= 0.3 is 6.61 Å². The number of nitrogens with zero attached hydrogens (tertiary/aromatic N) is 1. The molecule has 3 rings (SSSR count). The van der Waals surface area contributed by atoms with Crippen LogP contribution in [0.15, 0.2) is 48.5 Å². The van der Waals surface area contributed by atoms with Crippen molar-refractivity contribution in [3.8, 4) is 5.75 Å². The van der Waals surface area contributed by atoms with Crippen LogP contribution in [0.1, 0.15) is 23.6 Å². The minimum Gasteiger partial charge on any atom is -0.435 e. The fraction of sp³-hybridized carbons (Fsp3) is 0.316. The van der Waals surface area contributed by atoms with Crippen molar-refractivity contribution < 1.29 is 18.3 Å². The highest BCUT2D eigenvalue weighted by Gasteiger charge is 2.26. The molecule has 0 unspecified atom stereocenters. The van der Waals surface area contributed by atoms with Crippen LogP contribution in [-0.4, -0.2) is 31.0 Å². The van der Waals surface area contributed by atoms with Crippen molar-refractivity contribution in [3.63, 3.8) is 0 Å². The smallest absolute Gasteiger partial charge is 0.387 e. The van der Waals surface area contributed by atoms with E-state index in [0.29, 0.717) is 5.69 Å². The molecule has 0 saturated heterocycles. The Morgan fingerprint density at radius 3 is 2.68 bits per heavy atom. The van der Waals surface area contributed by atoms with Crippen LogP contribution in [0.5, 0.6) is 5.75 Å². The van der Waals surface area contributed by atoms with E-state index < -0.39 is 6.61 Å². The van der Waals surface area contributed by atoms with E-state index in [2.05, 4.69) is 22.2 Å². The van der Waals surface area contributed by atoms with Crippen LogP contribution in [0.25, 0.3) is 0 Å². The number of halogens is 2. The Balaban J connectivity index is 1.56. The van der Waals surface area contributed by atoms with E-state index in [4.69, 9.17) is 0 Å². The zero-order valence-electron chi connectivity index (χ0n) is 13.9. The molecule has 2 aromatic carbocycles. The molecule has 1 atom stereocenters. The Hall–Kier alpha value is -2.47. The second kappa shape index (κ2) is 7.61. The Morgan fingerprint density at radius 1 is 1.24 bits per heavy atom. The molecule has 1 aliphatic carbocycles. The van der Waals surface area contributed by atoms with E-state index in [9.17, 15) is 13.6 Å². The van der Waals surface area contributed by atoms with Gasteiger partial charge < -0.3 is 10.1 Å². The number of ether oxygens (including phenoxy) is 1. The Kier molecular flexibility index (Phi) is 5.28. The predicted molar refractivity (Wildman–Crippen MR) is 91.8 cm³/mol. The van der Waals surface area contributed by atoms with Crippen LogP contribution in [0.4, 0.5) is 14.5 Å². The Labute approximate surface area is 145 Å². The predicted octanol–water partition coefficient (Wildman–Crippen LogP) is 3.85. The number of aryl methyl sites for hydroxylation is 1. The second-order valence-electron chi connectivity index (χ2n) is 6.12. The summed E-state index contributed by atoms with van der Waals surface area (Å²) < 4.78 is 28.5. The topological polar surface area (TPSA) is 41.6 Å². The standard InChI is InChI=1S/C19H20F2N2O2/c1-23(17-11-6-13-4-2-3-5-16(13)17)12-18(24)22-14-7-9-15(10-8-14)25-19(20)21/h2-5,7-10,17,19H,6,11-12H2,1H3,(H,22,24)/t17-/m1/s1. The normalized spacial score (nSPS) is 16.1. The third-order valence-corrected chi connectivity index (χ3v) is 4.39. The average molecular weight is 346 g/mol. The van der Waals surface area contributed by atoms with Gasteiger partial charge in [0.2, 0.25) is 5.91 Å². The Bertz CT molecular complexity index is 734. The van der Waals surface area contributed by atoms with Crippen molar-refractivity contribution >= 4 is 11.6 Å². The summed E-state index contributed by atoms with van der Waals surface area (Å²) in [7, 11) is 1.94. The lowest BCUT2D eigenvalue weighted by molar-refractivity contribution is -0.117. The van der Waals surface area contributed by atoms with Gasteiger partial charge in [-0.15, -0.1) is 0 Å². The molecule has 0 saturated carbocycles. The van der Waals surface area contributed by atoms with Crippen molar-refractivity contribution in [1.29, 1.82) is 0 Å². The van der Waals surface area contributed by atoms with E-state index in [1.807, 2.05) is 24.1 Å². The van der Waals surface area contributed by atoms with Crippen molar-refractivity contribution in [2.45, 2.75) is 25.5 Å². The van der Waals surface area contributed by atoms with Gasteiger partial charge in [0.05, 0.1) is 6.54 Å². The number of alkyl halides is 2. The third kappa shape index (κ3) is 4.33. The van der Waals surface area contributed by atoms with Crippen LogP contribution in [0.2, 0.25) is 0 Å². The van der Waals surface area contributed by atoms with Crippen molar-refractivity contribution in [1.82, 2.24) is 4.90 Å². The molecule has 1 amide bonds. The number of carbonyl (C=O) groups excluding carboxylic acids is 1. The zero-order chi connectivity index (χ0) is 17.8. The van der Waals surface area contributed by atoms with Gasteiger partial charge in [0, 0.05) is 11.7 Å². The average Bonchev–Trinajstić information content (AvgIpc) is 3.00. The number of rotatable bonds is 6. The number of hydrogen-bond donors (Lipinski definition) is 1. The van der Waals surface area contributed by atoms with E-state index in [1.165, 1.54) is 23.3 Å². The number of hydrogen-bond acceptors (Lipinski definition) is 3. The first kappa shape index (κ1) is 17.4. The number of amides is 1. The van der Waals surface area contributed by atoms with Crippen LogP contribution >= 0.6 is 0 Å². The van der Waals surface area contributed by atoms with Gasteiger partial charge in [-0.1, -0.05) is 24.3 Å². The van der Waals surface area contributed by atoms with E-state index in [1.54, 1.807) is 12.1 Å². The molecule has 1 aliphatic rings. The quantitative estimate of drug-likeness (QED) is 0.864. The molecule has 0 aliphatic heterocycles. The maximum Gasteiger partial charge on any atom is 0.387 e. The number of anilines is 1. The summed E-state index contributed by atoms with van der Waals surface area (Å²) in [6.07, 6.45) is 2.03. The van der Waals surface area contributed by atoms with Gasteiger partial charge in [0.1, 0.15) is 5.75 Å². The van der Waals surface area contributed by atoms with Gasteiger partial charge in [-0.2, -0.15) is 8.78 Å². The van der Waals surface area contributed by atoms with Crippen LogP contribution in [0, 0.1) is 0 Å². The SMILES string of the molecule is CN(CC(=O)Nc1ccc(OC(F)F)cc1)[C@@H]1CCc2ccccc21. The number of carbonyl (C=O) groups is 1. The summed E-state index contributed by atoms with van der Waals surface area (Å²) in [6.45, 7) is -2.60. The van der Waals surface area contributed by atoms with E-state index in [-0.39, 0.29) is 24.2 Å². The molecule has 0 bridgehead atoms. The zero-order valence-corrected chi connectivity index (χ0v) is 13.9. The number of likely N-dealkylation sites (N-methyl/N-ethyl adjacent to an activating group) is 1. The molecule has 4 nitrogen and oxygen atoms in total. The first-order chi connectivity index (χ1) is 12.0. The van der Waals surface area contributed by atoms with Crippen LogP contribution in [0.3, 0.4) is 0 Å². The van der Waals surface area contributed by atoms with Gasteiger partial charge in [0.25, 0.3) is 0 Å². The van der Waals surface area contributed by atoms with E-state index in [0.717, 1.165) is 12.8 Å².